The number of halogens is 1. The van der Waals surface area contributed by atoms with E-state index >= 15 is 0 Å². The second kappa shape index (κ2) is 5.10. The molecule has 0 saturated carbocycles. The van der Waals surface area contributed by atoms with Crippen molar-refractivity contribution in [3.63, 3.8) is 0 Å². The summed E-state index contributed by atoms with van der Waals surface area (Å²) in [7, 11) is 0. The third kappa shape index (κ3) is 3.86. The smallest absolute Gasteiger partial charge is 0.412 e. The third-order valence-corrected chi connectivity index (χ3v) is 2.68. The van der Waals surface area contributed by atoms with Gasteiger partial charge in [-0.2, -0.15) is 0 Å². The maximum atomic E-state index is 11.7. The van der Waals surface area contributed by atoms with Crippen LogP contribution >= 0.6 is 11.6 Å². The highest BCUT2D eigenvalue weighted by Gasteiger charge is 2.16. The zero-order chi connectivity index (χ0) is 14.0. The van der Waals surface area contributed by atoms with Gasteiger partial charge in [0.25, 0.3) is 0 Å². The summed E-state index contributed by atoms with van der Waals surface area (Å²) in [5.74, 6) is 0. The fourth-order valence-electron chi connectivity index (χ4n) is 1.72. The normalized spacial score (nSPS) is 11.4. The average Bonchev–Trinajstić information content (AvgIpc) is 2.26. The molecule has 0 aromatic heterocycles. The minimum Gasteiger partial charge on any atom is -0.444 e. The molecule has 0 bridgehead atoms. The Morgan fingerprint density at radius 1 is 1.11 bits per heavy atom. The number of fused-ring (bicyclic) bond motifs is 1. The molecule has 0 fully saturated rings. The summed E-state index contributed by atoms with van der Waals surface area (Å²) in [6.45, 7) is 5.49. The van der Waals surface area contributed by atoms with Crippen molar-refractivity contribution in [1.82, 2.24) is 0 Å². The van der Waals surface area contributed by atoms with Crippen LogP contribution in [0, 0.1) is 0 Å². The molecule has 4 heteroatoms. The van der Waals surface area contributed by atoms with Gasteiger partial charge in [0.15, 0.2) is 0 Å². The first-order chi connectivity index (χ1) is 8.83. The van der Waals surface area contributed by atoms with E-state index in [4.69, 9.17) is 16.3 Å². The maximum absolute atomic E-state index is 11.7. The fraction of sp³-hybridized carbons (Fsp3) is 0.267. The Morgan fingerprint density at radius 3 is 2.42 bits per heavy atom. The van der Waals surface area contributed by atoms with Crippen molar-refractivity contribution in [3.8, 4) is 0 Å². The fourth-order valence-corrected chi connectivity index (χ4v) is 1.90. The van der Waals surface area contributed by atoms with E-state index in [1.807, 2.05) is 57.2 Å². The molecule has 0 unspecified atom stereocenters. The zero-order valence-corrected chi connectivity index (χ0v) is 11.9. The van der Waals surface area contributed by atoms with Gasteiger partial charge in [-0.05, 0) is 55.8 Å². The van der Waals surface area contributed by atoms with Crippen LogP contribution in [0.2, 0.25) is 5.02 Å². The molecule has 2 aromatic carbocycles. The summed E-state index contributed by atoms with van der Waals surface area (Å²) >= 11 is 5.93. The van der Waals surface area contributed by atoms with E-state index in [-0.39, 0.29) is 0 Å². The molecule has 0 atom stereocenters. The maximum Gasteiger partial charge on any atom is 0.412 e. The van der Waals surface area contributed by atoms with Gasteiger partial charge < -0.3 is 4.74 Å². The van der Waals surface area contributed by atoms with Crippen LogP contribution in [0.15, 0.2) is 36.4 Å². The SMILES string of the molecule is CC(C)(C)OC(=O)Nc1ccc2cc(Cl)ccc2c1. The molecule has 3 nitrogen and oxygen atoms in total. The molecule has 0 saturated heterocycles. The first-order valence-corrected chi connectivity index (χ1v) is 6.41. The largest absolute Gasteiger partial charge is 0.444 e. The number of ether oxygens (including phenoxy) is 1. The number of carbonyl (C=O) groups excluding carboxylic acids is 1. The summed E-state index contributed by atoms with van der Waals surface area (Å²) in [5, 5.41) is 5.45. The highest BCUT2D eigenvalue weighted by molar-refractivity contribution is 6.31. The van der Waals surface area contributed by atoms with Gasteiger partial charge in [-0.1, -0.05) is 23.7 Å². The number of benzene rings is 2. The Kier molecular flexibility index (Phi) is 3.67. The summed E-state index contributed by atoms with van der Waals surface area (Å²) in [6.07, 6.45) is -0.458. The van der Waals surface area contributed by atoms with Crippen LogP contribution in [0.25, 0.3) is 10.8 Å². The van der Waals surface area contributed by atoms with Gasteiger partial charge in [0.1, 0.15) is 5.60 Å². The minimum atomic E-state index is -0.505. The third-order valence-electron chi connectivity index (χ3n) is 2.45. The number of amides is 1. The van der Waals surface area contributed by atoms with E-state index in [1.54, 1.807) is 0 Å². The standard InChI is InChI=1S/C15H16ClNO2/c1-15(2,3)19-14(18)17-13-7-5-10-8-12(16)6-4-11(10)9-13/h4-9H,1-3H3,(H,17,18). The van der Waals surface area contributed by atoms with Crippen molar-refractivity contribution >= 4 is 34.2 Å². The summed E-state index contributed by atoms with van der Waals surface area (Å²) in [5.41, 5.74) is 0.193. The number of hydrogen-bond acceptors (Lipinski definition) is 2. The van der Waals surface area contributed by atoms with Gasteiger partial charge in [-0.3, -0.25) is 5.32 Å². The van der Waals surface area contributed by atoms with Gasteiger partial charge in [-0.15, -0.1) is 0 Å². The Labute approximate surface area is 117 Å². The number of hydrogen-bond donors (Lipinski definition) is 1. The second-order valence-corrected chi connectivity index (χ2v) is 5.77. The lowest BCUT2D eigenvalue weighted by Gasteiger charge is -2.19. The predicted molar refractivity (Wildman–Crippen MR) is 78.8 cm³/mol. The number of nitrogens with one attached hydrogen (secondary N) is 1. The first-order valence-electron chi connectivity index (χ1n) is 6.03. The molecular formula is C15H16ClNO2. The van der Waals surface area contributed by atoms with Crippen molar-refractivity contribution in [2.24, 2.45) is 0 Å². The molecule has 0 aliphatic carbocycles. The molecule has 2 rings (SSSR count). The van der Waals surface area contributed by atoms with Crippen molar-refractivity contribution in [2.45, 2.75) is 26.4 Å². The van der Waals surface area contributed by atoms with Gasteiger partial charge in [0.05, 0.1) is 0 Å². The van der Waals surface area contributed by atoms with E-state index in [2.05, 4.69) is 5.32 Å². The Hall–Kier alpha value is -1.74. The van der Waals surface area contributed by atoms with E-state index in [9.17, 15) is 4.79 Å². The van der Waals surface area contributed by atoms with Crippen LogP contribution in [0.5, 0.6) is 0 Å². The quantitative estimate of drug-likeness (QED) is 0.810. The van der Waals surface area contributed by atoms with Crippen LogP contribution in [-0.4, -0.2) is 11.7 Å². The summed E-state index contributed by atoms with van der Waals surface area (Å²) in [4.78, 5) is 11.7. The molecule has 1 N–H and O–H groups in total. The molecule has 0 spiro atoms. The topological polar surface area (TPSA) is 38.3 Å². The highest BCUT2D eigenvalue weighted by atomic mass is 35.5. The minimum absolute atomic E-state index is 0.458. The summed E-state index contributed by atoms with van der Waals surface area (Å²) < 4.78 is 5.20. The monoisotopic (exact) mass is 277 g/mol. The molecule has 0 aliphatic rings. The lowest BCUT2D eigenvalue weighted by Crippen LogP contribution is -2.27. The zero-order valence-electron chi connectivity index (χ0n) is 11.2. The Bertz CT molecular complexity index is 617. The van der Waals surface area contributed by atoms with Crippen molar-refractivity contribution < 1.29 is 9.53 Å². The van der Waals surface area contributed by atoms with Crippen molar-refractivity contribution in [1.29, 1.82) is 0 Å². The number of anilines is 1. The lowest BCUT2D eigenvalue weighted by atomic mass is 10.1. The predicted octanol–water partition coefficient (Wildman–Crippen LogP) is 4.84. The lowest BCUT2D eigenvalue weighted by molar-refractivity contribution is 0.0636. The van der Waals surface area contributed by atoms with E-state index in [0.717, 1.165) is 10.8 Å². The van der Waals surface area contributed by atoms with Crippen LogP contribution in [0.1, 0.15) is 20.8 Å². The van der Waals surface area contributed by atoms with E-state index in [0.29, 0.717) is 10.7 Å². The molecular weight excluding hydrogens is 262 g/mol. The van der Waals surface area contributed by atoms with Crippen LogP contribution < -0.4 is 5.32 Å². The molecule has 19 heavy (non-hydrogen) atoms. The average molecular weight is 278 g/mol. The van der Waals surface area contributed by atoms with Crippen LogP contribution in [-0.2, 0) is 4.74 Å². The molecule has 100 valence electrons. The highest BCUT2D eigenvalue weighted by Crippen LogP contribution is 2.23. The number of carbonyl (C=O) groups is 1. The van der Waals surface area contributed by atoms with E-state index < -0.39 is 11.7 Å². The second-order valence-electron chi connectivity index (χ2n) is 5.33. The van der Waals surface area contributed by atoms with E-state index in [1.165, 1.54) is 0 Å². The van der Waals surface area contributed by atoms with Gasteiger partial charge in [-0.25, -0.2) is 4.79 Å². The summed E-state index contributed by atoms with van der Waals surface area (Å²) in [6, 6.07) is 11.2. The molecule has 2 aromatic rings. The van der Waals surface area contributed by atoms with Crippen LogP contribution in [0.3, 0.4) is 0 Å². The number of rotatable bonds is 1. The Morgan fingerprint density at radius 2 is 1.74 bits per heavy atom. The molecule has 0 heterocycles. The van der Waals surface area contributed by atoms with Crippen LogP contribution in [0.4, 0.5) is 10.5 Å². The first kappa shape index (κ1) is 13.7. The van der Waals surface area contributed by atoms with Gasteiger partial charge in [0, 0.05) is 10.7 Å². The van der Waals surface area contributed by atoms with Gasteiger partial charge in [0.2, 0.25) is 0 Å². The molecule has 0 radical (unpaired) electrons. The Balaban J connectivity index is 2.18. The molecule has 1 amide bonds. The van der Waals surface area contributed by atoms with Crippen molar-refractivity contribution in [3.05, 3.63) is 41.4 Å². The van der Waals surface area contributed by atoms with Gasteiger partial charge >= 0.3 is 6.09 Å². The van der Waals surface area contributed by atoms with Crippen molar-refractivity contribution in [2.75, 3.05) is 5.32 Å². The molecule has 0 aliphatic heterocycles.